The fourth-order valence-corrected chi connectivity index (χ4v) is 2.91. The van der Waals surface area contributed by atoms with Crippen molar-refractivity contribution < 1.29 is 9.84 Å². The predicted octanol–water partition coefficient (Wildman–Crippen LogP) is 3.06. The van der Waals surface area contributed by atoms with Crippen LogP contribution in [0.1, 0.15) is 29.3 Å². The number of nitrogens with zero attached hydrogens (tertiary/aromatic N) is 2. The number of aromatic nitrogens is 2. The van der Waals surface area contributed by atoms with E-state index in [0.717, 1.165) is 16.7 Å². The largest absolute Gasteiger partial charge is 0.383 e. The Bertz CT molecular complexity index is 615. The maximum absolute atomic E-state index is 11.1. The van der Waals surface area contributed by atoms with Gasteiger partial charge < -0.3 is 9.84 Å². The van der Waals surface area contributed by atoms with Crippen molar-refractivity contribution in [3.8, 4) is 0 Å². The van der Waals surface area contributed by atoms with E-state index in [1.54, 1.807) is 24.9 Å². The maximum atomic E-state index is 11.1. The molecule has 1 unspecified atom stereocenters. The molecule has 0 radical (unpaired) electrons. The second kappa shape index (κ2) is 6.18. The summed E-state index contributed by atoms with van der Waals surface area (Å²) in [6.45, 7) is 6.81. The van der Waals surface area contributed by atoms with Crippen LogP contribution in [0.4, 0.5) is 0 Å². The van der Waals surface area contributed by atoms with Crippen LogP contribution in [-0.4, -0.2) is 28.6 Å². The first-order chi connectivity index (χ1) is 9.86. The topological polar surface area (TPSA) is 47.3 Å². The van der Waals surface area contributed by atoms with E-state index in [9.17, 15) is 5.11 Å². The summed E-state index contributed by atoms with van der Waals surface area (Å²) in [5.41, 5.74) is 2.39. The molecule has 0 spiro atoms. The number of hydrogen-bond donors (Lipinski definition) is 1. The fraction of sp³-hybridized carbons (Fsp3) is 0.438. The zero-order chi connectivity index (χ0) is 15.6. The molecule has 21 heavy (non-hydrogen) atoms. The van der Waals surface area contributed by atoms with Crippen LogP contribution in [0.25, 0.3) is 0 Å². The third-order valence-corrected chi connectivity index (χ3v) is 3.82. The molecule has 2 aromatic rings. The van der Waals surface area contributed by atoms with Gasteiger partial charge in [0.25, 0.3) is 0 Å². The van der Waals surface area contributed by atoms with Crippen molar-refractivity contribution in [2.24, 2.45) is 0 Å². The molecule has 0 saturated carbocycles. The number of halogens is 1. The Morgan fingerprint density at radius 1 is 1.29 bits per heavy atom. The number of hydrogen-bond acceptors (Lipinski definition) is 3. The van der Waals surface area contributed by atoms with Crippen molar-refractivity contribution in [2.75, 3.05) is 13.7 Å². The molecule has 2 rings (SSSR count). The molecule has 0 amide bonds. The van der Waals surface area contributed by atoms with Crippen molar-refractivity contribution in [3.05, 3.63) is 51.8 Å². The quantitative estimate of drug-likeness (QED) is 0.923. The van der Waals surface area contributed by atoms with Crippen LogP contribution in [0.2, 0.25) is 5.02 Å². The Balaban J connectivity index is 2.50. The minimum atomic E-state index is -1.21. The van der Waals surface area contributed by atoms with Crippen LogP contribution >= 0.6 is 11.6 Å². The molecule has 5 heteroatoms. The monoisotopic (exact) mass is 308 g/mol. The number of methoxy groups -OCH3 is 1. The lowest BCUT2D eigenvalue weighted by Gasteiger charge is -2.26. The van der Waals surface area contributed by atoms with E-state index in [0.29, 0.717) is 23.9 Å². The van der Waals surface area contributed by atoms with Crippen molar-refractivity contribution in [1.29, 1.82) is 0 Å². The first-order valence-electron chi connectivity index (χ1n) is 6.88. The van der Waals surface area contributed by atoms with E-state index in [-0.39, 0.29) is 0 Å². The smallest absolute Gasteiger partial charge is 0.130 e. The Labute approximate surface area is 130 Å². The lowest BCUT2D eigenvalue weighted by atomic mass is 9.90. The fourth-order valence-electron chi connectivity index (χ4n) is 2.59. The van der Waals surface area contributed by atoms with E-state index in [1.165, 1.54) is 0 Å². The molecule has 1 atom stereocenters. The number of rotatable bonds is 5. The van der Waals surface area contributed by atoms with Crippen LogP contribution in [0.15, 0.2) is 24.4 Å². The Kier molecular flexibility index (Phi) is 4.71. The van der Waals surface area contributed by atoms with Crippen molar-refractivity contribution in [3.63, 3.8) is 0 Å². The highest BCUT2D eigenvalue weighted by molar-refractivity contribution is 6.31. The van der Waals surface area contributed by atoms with E-state index >= 15 is 0 Å². The highest BCUT2D eigenvalue weighted by Gasteiger charge is 2.32. The lowest BCUT2D eigenvalue weighted by Crippen LogP contribution is -2.28. The maximum Gasteiger partial charge on any atom is 0.130 e. The van der Waals surface area contributed by atoms with Crippen molar-refractivity contribution in [2.45, 2.75) is 32.9 Å². The standard InChI is InChI=1S/C16H21ClN2O2/c1-11-7-12(2)9-13(8-11)16(3,20)15-14(17)10-18-19(15)5-6-21-4/h7-10,20H,5-6H2,1-4H3. The van der Waals surface area contributed by atoms with Gasteiger partial charge in [-0.1, -0.05) is 40.9 Å². The molecule has 114 valence electrons. The summed E-state index contributed by atoms with van der Waals surface area (Å²) in [4.78, 5) is 0. The minimum Gasteiger partial charge on any atom is -0.383 e. The molecule has 0 fully saturated rings. The summed E-state index contributed by atoms with van der Waals surface area (Å²) < 4.78 is 6.78. The Morgan fingerprint density at radius 3 is 2.48 bits per heavy atom. The molecule has 0 aliphatic heterocycles. The first kappa shape index (κ1) is 16.0. The summed E-state index contributed by atoms with van der Waals surface area (Å²) in [7, 11) is 1.63. The second-order valence-electron chi connectivity index (χ2n) is 5.51. The molecule has 0 aliphatic carbocycles. The highest BCUT2D eigenvalue weighted by atomic mass is 35.5. The zero-order valence-corrected chi connectivity index (χ0v) is 13.6. The highest BCUT2D eigenvalue weighted by Crippen LogP contribution is 2.34. The summed E-state index contributed by atoms with van der Waals surface area (Å²) >= 11 is 6.25. The van der Waals surface area contributed by atoms with Gasteiger partial charge in [-0.15, -0.1) is 0 Å². The van der Waals surface area contributed by atoms with Crippen molar-refractivity contribution >= 4 is 11.6 Å². The summed E-state index contributed by atoms with van der Waals surface area (Å²) in [5.74, 6) is 0. The number of aliphatic hydroxyl groups is 1. The second-order valence-corrected chi connectivity index (χ2v) is 5.91. The van der Waals surface area contributed by atoms with E-state index in [4.69, 9.17) is 16.3 Å². The predicted molar refractivity (Wildman–Crippen MR) is 83.7 cm³/mol. The summed E-state index contributed by atoms with van der Waals surface area (Å²) in [5, 5.41) is 15.8. The Morgan fingerprint density at radius 2 is 1.90 bits per heavy atom. The SMILES string of the molecule is COCCn1ncc(Cl)c1C(C)(O)c1cc(C)cc(C)c1. The van der Waals surface area contributed by atoms with Gasteiger partial charge in [-0.2, -0.15) is 5.10 Å². The molecule has 1 N–H and O–H groups in total. The normalized spacial score (nSPS) is 14.2. The molecular weight excluding hydrogens is 288 g/mol. The van der Waals surface area contributed by atoms with Gasteiger partial charge in [0.05, 0.1) is 30.1 Å². The molecule has 1 aromatic heterocycles. The van der Waals surface area contributed by atoms with Gasteiger partial charge in [-0.25, -0.2) is 0 Å². The molecular formula is C16H21ClN2O2. The number of aryl methyl sites for hydroxylation is 2. The first-order valence-corrected chi connectivity index (χ1v) is 7.26. The van der Waals surface area contributed by atoms with Gasteiger partial charge in [0, 0.05) is 7.11 Å². The molecule has 0 bridgehead atoms. The third kappa shape index (κ3) is 3.28. The molecule has 1 heterocycles. The van der Waals surface area contributed by atoms with Crippen LogP contribution in [0.5, 0.6) is 0 Å². The summed E-state index contributed by atoms with van der Waals surface area (Å²) in [6.07, 6.45) is 1.56. The number of ether oxygens (including phenoxy) is 1. The van der Waals surface area contributed by atoms with Gasteiger partial charge in [-0.05, 0) is 26.3 Å². The molecule has 0 aliphatic rings. The lowest BCUT2D eigenvalue weighted by molar-refractivity contribution is 0.0883. The van der Waals surface area contributed by atoms with E-state index in [2.05, 4.69) is 11.2 Å². The summed E-state index contributed by atoms with van der Waals surface area (Å²) in [6, 6.07) is 6.01. The minimum absolute atomic E-state index is 0.454. The average molecular weight is 309 g/mol. The van der Waals surface area contributed by atoms with Crippen LogP contribution < -0.4 is 0 Å². The van der Waals surface area contributed by atoms with Gasteiger partial charge in [0.1, 0.15) is 5.60 Å². The van der Waals surface area contributed by atoms with Crippen LogP contribution in [0.3, 0.4) is 0 Å². The molecule has 1 aromatic carbocycles. The zero-order valence-electron chi connectivity index (χ0n) is 12.9. The van der Waals surface area contributed by atoms with E-state index in [1.807, 2.05) is 26.0 Å². The van der Waals surface area contributed by atoms with E-state index < -0.39 is 5.60 Å². The van der Waals surface area contributed by atoms with Gasteiger partial charge >= 0.3 is 0 Å². The van der Waals surface area contributed by atoms with Gasteiger partial charge in [0.15, 0.2) is 0 Å². The average Bonchev–Trinajstić information content (AvgIpc) is 2.77. The molecule has 4 nitrogen and oxygen atoms in total. The van der Waals surface area contributed by atoms with Gasteiger partial charge in [-0.3, -0.25) is 4.68 Å². The third-order valence-electron chi connectivity index (χ3n) is 3.55. The van der Waals surface area contributed by atoms with Crippen molar-refractivity contribution in [1.82, 2.24) is 9.78 Å². The molecule has 0 saturated heterocycles. The van der Waals surface area contributed by atoms with Crippen LogP contribution in [0, 0.1) is 13.8 Å². The van der Waals surface area contributed by atoms with Gasteiger partial charge in [0.2, 0.25) is 0 Å². The number of benzene rings is 1. The van der Waals surface area contributed by atoms with Crippen LogP contribution in [-0.2, 0) is 16.9 Å². The Hall–Kier alpha value is -1.36.